The number of anilines is 1. The molecule has 1 heterocycles. The molecule has 4 bridgehead atoms. The first-order valence-electron chi connectivity index (χ1n) is 9.80. The summed E-state index contributed by atoms with van der Waals surface area (Å²) in [4.78, 5) is 14.6. The topological polar surface area (TPSA) is 61.8 Å². The fraction of sp³-hybridized carbons (Fsp3) is 0.174. The van der Waals surface area contributed by atoms with Crippen LogP contribution in [0.2, 0.25) is 10.0 Å². The molecular weight excluding hydrogens is 493 g/mol. The van der Waals surface area contributed by atoms with Crippen molar-refractivity contribution in [2.45, 2.75) is 17.9 Å². The van der Waals surface area contributed by atoms with Crippen molar-refractivity contribution >= 4 is 46.7 Å². The SMILES string of the molecule is CC1CN(C)C(=O)c2cc(Cl)c(O)c(c2)SNc2cc(c(F)cc2F)-c2cc(Cl)ccc2O1. The van der Waals surface area contributed by atoms with E-state index in [1.54, 1.807) is 26.1 Å². The average molecular weight is 511 g/mol. The van der Waals surface area contributed by atoms with E-state index in [0.717, 1.165) is 18.0 Å². The van der Waals surface area contributed by atoms with Crippen LogP contribution in [-0.2, 0) is 0 Å². The molecule has 1 aliphatic rings. The molecule has 1 amide bonds. The predicted octanol–water partition coefficient (Wildman–Crippen LogP) is 6.62. The van der Waals surface area contributed by atoms with Gasteiger partial charge in [0.2, 0.25) is 0 Å². The Morgan fingerprint density at radius 1 is 1.12 bits per heavy atom. The zero-order chi connectivity index (χ0) is 23.9. The summed E-state index contributed by atoms with van der Waals surface area (Å²) in [5.74, 6) is -1.93. The molecule has 172 valence electrons. The highest BCUT2D eigenvalue weighted by Gasteiger charge is 2.22. The van der Waals surface area contributed by atoms with Gasteiger partial charge in [0.05, 0.1) is 22.2 Å². The van der Waals surface area contributed by atoms with Crippen LogP contribution < -0.4 is 9.46 Å². The minimum absolute atomic E-state index is 0.0329. The fourth-order valence-electron chi connectivity index (χ4n) is 3.48. The number of nitrogens with zero attached hydrogens (tertiary/aromatic N) is 1. The summed E-state index contributed by atoms with van der Waals surface area (Å²) >= 11 is 13.1. The standard InChI is InChI=1S/C23H18Cl2F2N2O3S/c1-11-10-29(2)23(31)12-5-16(25)22(30)21(6-12)33-28-19-8-14(17(26)9-18(19)27)15-7-13(24)3-4-20(15)32-11/h3-9,11,28,30H,10H2,1-2H3. The summed E-state index contributed by atoms with van der Waals surface area (Å²) in [5, 5.41) is 10.7. The second-order valence-corrected chi connectivity index (χ2v) is 9.27. The number of hydrogen-bond donors (Lipinski definition) is 2. The van der Waals surface area contributed by atoms with Gasteiger partial charge in [-0.2, -0.15) is 0 Å². The maximum atomic E-state index is 14.8. The first-order valence-corrected chi connectivity index (χ1v) is 11.4. The quantitative estimate of drug-likeness (QED) is 0.333. The van der Waals surface area contributed by atoms with Crippen LogP contribution in [0.15, 0.2) is 47.4 Å². The number of benzene rings is 3. The van der Waals surface area contributed by atoms with E-state index in [-0.39, 0.29) is 44.9 Å². The molecule has 0 saturated heterocycles. The Morgan fingerprint density at radius 2 is 1.88 bits per heavy atom. The van der Waals surface area contributed by atoms with E-state index in [4.69, 9.17) is 27.9 Å². The van der Waals surface area contributed by atoms with Crippen LogP contribution in [0.3, 0.4) is 0 Å². The Hall–Kier alpha value is -2.68. The monoisotopic (exact) mass is 510 g/mol. The van der Waals surface area contributed by atoms with Crippen LogP contribution in [0.1, 0.15) is 17.3 Å². The summed E-state index contributed by atoms with van der Waals surface area (Å²) in [6.45, 7) is 1.97. The lowest BCUT2D eigenvalue weighted by atomic mass is 10.0. The van der Waals surface area contributed by atoms with Crippen LogP contribution in [0, 0.1) is 11.6 Å². The van der Waals surface area contributed by atoms with Crippen molar-refractivity contribution in [3.63, 3.8) is 0 Å². The molecular formula is C23H18Cl2F2N2O3S. The van der Waals surface area contributed by atoms with Crippen molar-refractivity contribution in [1.82, 2.24) is 4.90 Å². The van der Waals surface area contributed by atoms with E-state index in [9.17, 15) is 18.7 Å². The molecule has 3 aromatic carbocycles. The normalized spacial score (nSPS) is 16.2. The maximum absolute atomic E-state index is 14.8. The number of carbonyl (C=O) groups excluding carboxylic acids is 1. The number of ether oxygens (including phenoxy) is 1. The van der Waals surface area contributed by atoms with Crippen LogP contribution in [0.25, 0.3) is 11.1 Å². The van der Waals surface area contributed by atoms with Gasteiger partial charge in [-0.25, -0.2) is 8.78 Å². The average Bonchev–Trinajstić information content (AvgIpc) is 2.76. The number of nitrogens with one attached hydrogen (secondary N) is 1. The maximum Gasteiger partial charge on any atom is 0.253 e. The van der Waals surface area contributed by atoms with E-state index in [2.05, 4.69) is 4.72 Å². The van der Waals surface area contributed by atoms with Crippen molar-refractivity contribution in [3.8, 4) is 22.6 Å². The molecule has 3 aromatic rings. The number of amides is 1. The highest BCUT2D eigenvalue weighted by molar-refractivity contribution is 8.00. The zero-order valence-corrected chi connectivity index (χ0v) is 19.8. The number of hydrogen-bond acceptors (Lipinski definition) is 5. The number of phenols is 1. The van der Waals surface area contributed by atoms with Crippen LogP contribution in [0.5, 0.6) is 11.5 Å². The summed E-state index contributed by atoms with van der Waals surface area (Å²) in [6.07, 6.45) is -0.480. The summed E-state index contributed by atoms with van der Waals surface area (Å²) in [6, 6.07) is 9.57. The summed E-state index contributed by atoms with van der Waals surface area (Å²) in [7, 11) is 1.60. The van der Waals surface area contributed by atoms with Gasteiger partial charge in [-0.05, 0) is 55.3 Å². The second kappa shape index (κ2) is 9.29. The Bertz CT molecular complexity index is 1260. The molecule has 0 spiro atoms. The number of carbonyl (C=O) groups is 1. The van der Waals surface area contributed by atoms with E-state index in [1.807, 2.05) is 0 Å². The number of likely N-dealkylation sites (N-methyl/N-ethyl adjacent to an activating group) is 1. The fourth-order valence-corrected chi connectivity index (χ4v) is 4.69. The molecule has 5 nitrogen and oxygen atoms in total. The lowest BCUT2D eigenvalue weighted by Gasteiger charge is -2.24. The molecule has 0 fully saturated rings. The van der Waals surface area contributed by atoms with Gasteiger partial charge in [0.25, 0.3) is 5.91 Å². The zero-order valence-electron chi connectivity index (χ0n) is 17.5. The highest BCUT2D eigenvalue weighted by Crippen LogP contribution is 2.40. The first-order chi connectivity index (χ1) is 15.6. The van der Waals surface area contributed by atoms with Gasteiger partial charge in [-0.3, -0.25) is 4.79 Å². The van der Waals surface area contributed by atoms with Gasteiger partial charge in [0.15, 0.2) is 0 Å². The molecule has 1 aliphatic heterocycles. The third-order valence-corrected chi connectivity index (χ3v) is 6.42. The van der Waals surface area contributed by atoms with Crippen molar-refractivity contribution < 1.29 is 23.4 Å². The summed E-state index contributed by atoms with van der Waals surface area (Å²) in [5.41, 5.74) is 0.587. The molecule has 10 heteroatoms. The van der Waals surface area contributed by atoms with Gasteiger partial charge in [-0.1, -0.05) is 23.2 Å². The van der Waals surface area contributed by atoms with E-state index >= 15 is 0 Å². The lowest BCUT2D eigenvalue weighted by Crippen LogP contribution is -2.35. The number of fused-ring (bicyclic) bond motifs is 6. The molecule has 2 N–H and O–H groups in total. The van der Waals surface area contributed by atoms with E-state index < -0.39 is 17.7 Å². The largest absolute Gasteiger partial charge is 0.505 e. The van der Waals surface area contributed by atoms with Crippen LogP contribution in [0.4, 0.5) is 14.5 Å². The molecule has 0 saturated carbocycles. The van der Waals surface area contributed by atoms with Gasteiger partial charge in [-0.15, -0.1) is 0 Å². The molecule has 4 rings (SSSR count). The van der Waals surface area contributed by atoms with Crippen LogP contribution in [-0.4, -0.2) is 35.6 Å². The number of halogens is 4. The highest BCUT2D eigenvalue weighted by atomic mass is 35.5. The van der Waals surface area contributed by atoms with Crippen molar-refractivity contribution in [2.24, 2.45) is 0 Å². The predicted molar refractivity (Wildman–Crippen MR) is 126 cm³/mol. The number of phenolic OH excluding ortho intramolecular Hbond substituents is 1. The first kappa shape index (κ1) is 23.5. The lowest BCUT2D eigenvalue weighted by molar-refractivity contribution is 0.0727. The molecule has 0 radical (unpaired) electrons. The third kappa shape index (κ3) is 4.83. The van der Waals surface area contributed by atoms with Crippen LogP contribution >= 0.6 is 35.1 Å². The smallest absolute Gasteiger partial charge is 0.253 e. The Kier molecular flexibility index (Phi) is 6.61. The summed E-state index contributed by atoms with van der Waals surface area (Å²) < 4.78 is 38.2. The minimum atomic E-state index is -0.844. The molecule has 1 atom stereocenters. The van der Waals surface area contributed by atoms with Crippen molar-refractivity contribution in [1.29, 1.82) is 0 Å². The Morgan fingerprint density at radius 3 is 2.64 bits per heavy atom. The second-order valence-electron chi connectivity index (χ2n) is 7.58. The number of rotatable bonds is 0. The minimum Gasteiger partial charge on any atom is -0.505 e. The van der Waals surface area contributed by atoms with Crippen molar-refractivity contribution in [3.05, 3.63) is 69.7 Å². The molecule has 33 heavy (non-hydrogen) atoms. The van der Waals surface area contributed by atoms with E-state index in [1.165, 1.54) is 29.2 Å². The van der Waals surface area contributed by atoms with Gasteiger partial charge in [0, 0.05) is 34.8 Å². The van der Waals surface area contributed by atoms with Gasteiger partial charge in [0.1, 0.15) is 29.2 Å². The Balaban J connectivity index is 1.89. The molecule has 1 unspecified atom stereocenters. The Labute approximate surface area is 203 Å². The molecule has 0 aliphatic carbocycles. The van der Waals surface area contributed by atoms with Gasteiger partial charge >= 0.3 is 0 Å². The third-order valence-electron chi connectivity index (χ3n) is 5.04. The van der Waals surface area contributed by atoms with Crippen molar-refractivity contribution in [2.75, 3.05) is 18.3 Å². The van der Waals surface area contributed by atoms with Gasteiger partial charge < -0.3 is 19.5 Å². The number of aromatic hydroxyl groups is 1. The van der Waals surface area contributed by atoms with E-state index in [0.29, 0.717) is 16.3 Å². The molecule has 0 aromatic heterocycles.